The van der Waals surface area contributed by atoms with Crippen molar-refractivity contribution < 1.29 is 9.59 Å². The lowest BCUT2D eigenvalue weighted by atomic mass is 10.0. The first kappa shape index (κ1) is 18.9. The highest BCUT2D eigenvalue weighted by Crippen LogP contribution is 2.34. The molecule has 1 heterocycles. The van der Waals surface area contributed by atoms with E-state index < -0.39 is 6.04 Å². The number of hydrogen-bond donors (Lipinski definition) is 1. The first-order valence-corrected chi connectivity index (χ1v) is 9.81. The van der Waals surface area contributed by atoms with Crippen LogP contribution in [0.3, 0.4) is 0 Å². The largest absolute Gasteiger partial charge is 0.324 e. The molecule has 0 bridgehead atoms. The van der Waals surface area contributed by atoms with E-state index in [1.165, 1.54) is 0 Å². The van der Waals surface area contributed by atoms with E-state index >= 15 is 0 Å². The van der Waals surface area contributed by atoms with Crippen LogP contribution in [0.2, 0.25) is 0 Å². The lowest BCUT2D eigenvalue weighted by Crippen LogP contribution is -2.45. The Balaban J connectivity index is 1.69. The van der Waals surface area contributed by atoms with Gasteiger partial charge in [0.2, 0.25) is 5.91 Å². The van der Waals surface area contributed by atoms with Crippen LogP contribution < -0.4 is 10.2 Å². The van der Waals surface area contributed by atoms with Crippen molar-refractivity contribution >= 4 is 23.2 Å². The SMILES string of the molecule is Cc1cc(C)c(NC(=O)[C@H]2Cc3ccccc3N2C(=O)c2ccccc2)c(C)c1. The third-order valence-electron chi connectivity index (χ3n) is 5.44. The third-order valence-corrected chi connectivity index (χ3v) is 5.44. The molecule has 0 radical (unpaired) electrons. The second-order valence-electron chi connectivity index (χ2n) is 7.65. The number of rotatable bonds is 3. The Kier molecular flexibility index (Phi) is 4.93. The Morgan fingerprint density at radius 2 is 1.52 bits per heavy atom. The molecule has 0 spiro atoms. The van der Waals surface area contributed by atoms with Crippen molar-refractivity contribution in [2.75, 3.05) is 10.2 Å². The number of aryl methyl sites for hydroxylation is 3. The van der Waals surface area contributed by atoms with Crippen molar-refractivity contribution in [3.63, 3.8) is 0 Å². The number of carbonyl (C=O) groups is 2. The zero-order valence-electron chi connectivity index (χ0n) is 16.9. The number of nitrogens with one attached hydrogen (secondary N) is 1. The number of hydrogen-bond acceptors (Lipinski definition) is 2. The lowest BCUT2D eigenvalue weighted by Gasteiger charge is -2.26. The predicted octanol–water partition coefficient (Wildman–Crippen LogP) is 4.82. The fourth-order valence-corrected chi connectivity index (χ4v) is 4.15. The molecule has 4 heteroatoms. The molecule has 146 valence electrons. The molecule has 0 saturated carbocycles. The van der Waals surface area contributed by atoms with Gasteiger partial charge >= 0.3 is 0 Å². The van der Waals surface area contributed by atoms with Gasteiger partial charge in [-0.3, -0.25) is 14.5 Å². The van der Waals surface area contributed by atoms with E-state index in [9.17, 15) is 9.59 Å². The Labute approximate surface area is 171 Å². The van der Waals surface area contributed by atoms with Gasteiger partial charge in [-0.05, 0) is 55.7 Å². The maximum atomic E-state index is 13.3. The minimum Gasteiger partial charge on any atom is -0.324 e. The molecule has 2 amide bonds. The first-order valence-electron chi connectivity index (χ1n) is 9.81. The van der Waals surface area contributed by atoms with Crippen LogP contribution in [-0.4, -0.2) is 17.9 Å². The smallest absolute Gasteiger partial charge is 0.259 e. The summed E-state index contributed by atoms with van der Waals surface area (Å²) in [6, 6.07) is 20.4. The highest BCUT2D eigenvalue weighted by atomic mass is 16.2. The standard InChI is InChI=1S/C25H24N2O2/c1-16-13-17(2)23(18(3)14-16)26-24(28)22-15-20-11-7-8-12-21(20)27(22)25(29)19-9-5-4-6-10-19/h4-14,22H,15H2,1-3H3,(H,26,28)/t22-/m1/s1. The molecule has 0 aromatic heterocycles. The molecule has 1 aliphatic heterocycles. The summed E-state index contributed by atoms with van der Waals surface area (Å²) in [5.74, 6) is -0.325. The Morgan fingerprint density at radius 3 is 2.21 bits per heavy atom. The summed E-state index contributed by atoms with van der Waals surface area (Å²) in [6.45, 7) is 6.03. The van der Waals surface area contributed by atoms with E-state index in [1.54, 1.807) is 17.0 Å². The van der Waals surface area contributed by atoms with E-state index in [1.807, 2.05) is 63.2 Å². The number of benzene rings is 3. The van der Waals surface area contributed by atoms with Gasteiger partial charge in [-0.2, -0.15) is 0 Å². The molecular weight excluding hydrogens is 360 g/mol. The molecule has 4 rings (SSSR count). The minimum atomic E-state index is -0.583. The second-order valence-corrected chi connectivity index (χ2v) is 7.65. The molecule has 3 aromatic carbocycles. The molecule has 1 atom stereocenters. The van der Waals surface area contributed by atoms with Crippen molar-refractivity contribution in [2.24, 2.45) is 0 Å². The van der Waals surface area contributed by atoms with Gasteiger partial charge in [-0.25, -0.2) is 0 Å². The average molecular weight is 384 g/mol. The Morgan fingerprint density at radius 1 is 0.897 bits per heavy atom. The predicted molar refractivity (Wildman–Crippen MR) is 116 cm³/mol. The molecule has 4 nitrogen and oxygen atoms in total. The van der Waals surface area contributed by atoms with Crippen LogP contribution in [0.25, 0.3) is 0 Å². The fraction of sp³-hybridized carbons (Fsp3) is 0.200. The summed E-state index contributed by atoms with van der Waals surface area (Å²) in [5.41, 5.74) is 6.41. The second kappa shape index (κ2) is 7.55. The van der Waals surface area contributed by atoms with Gasteiger partial charge in [0.15, 0.2) is 0 Å². The van der Waals surface area contributed by atoms with E-state index in [0.29, 0.717) is 12.0 Å². The Hall–Kier alpha value is -3.40. The van der Waals surface area contributed by atoms with Crippen LogP contribution in [0.1, 0.15) is 32.6 Å². The van der Waals surface area contributed by atoms with Gasteiger partial charge < -0.3 is 5.32 Å². The molecular formula is C25H24N2O2. The molecule has 0 unspecified atom stereocenters. The van der Waals surface area contributed by atoms with Gasteiger partial charge in [0.05, 0.1) is 0 Å². The van der Waals surface area contributed by atoms with Gasteiger partial charge in [0, 0.05) is 23.4 Å². The summed E-state index contributed by atoms with van der Waals surface area (Å²) in [6.07, 6.45) is 0.505. The fourth-order valence-electron chi connectivity index (χ4n) is 4.15. The van der Waals surface area contributed by atoms with Crippen LogP contribution in [0.5, 0.6) is 0 Å². The topological polar surface area (TPSA) is 49.4 Å². The van der Waals surface area contributed by atoms with Crippen molar-refractivity contribution in [2.45, 2.75) is 33.2 Å². The summed E-state index contributed by atoms with van der Waals surface area (Å²) >= 11 is 0. The van der Waals surface area contributed by atoms with Crippen LogP contribution in [0.4, 0.5) is 11.4 Å². The quantitative estimate of drug-likeness (QED) is 0.704. The van der Waals surface area contributed by atoms with Crippen LogP contribution in [-0.2, 0) is 11.2 Å². The highest BCUT2D eigenvalue weighted by Gasteiger charge is 2.38. The summed E-state index contributed by atoms with van der Waals surface area (Å²) in [5, 5.41) is 3.09. The monoisotopic (exact) mass is 384 g/mol. The van der Waals surface area contributed by atoms with Crippen molar-refractivity contribution in [1.29, 1.82) is 0 Å². The Bertz CT molecular complexity index is 1070. The normalized spacial score (nSPS) is 15.1. The number of nitrogens with zero attached hydrogens (tertiary/aromatic N) is 1. The number of fused-ring (bicyclic) bond motifs is 1. The van der Waals surface area contributed by atoms with Crippen molar-refractivity contribution in [3.8, 4) is 0 Å². The molecule has 1 aliphatic rings. The molecule has 0 fully saturated rings. The maximum absolute atomic E-state index is 13.3. The zero-order valence-corrected chi connectivity index (χ0v) is 16.9. The molecule has 3 aromatic rings. The zero-order chi connectivity index (χ0) is 20.5. The third kappa shape index (κ3) is 3.54. The van der Waals surface area contributed by atoms with Crippen LogP contribution >= 0.6 is 0 Å². The summed E-state index contributed by atoms with van der Waals surface area (Å²) in [7, 11) is 0. The van der Waals surface area contributed by atoms with Crippen molar-refractivity contribution in [1.82, 2.24) is 0 Å². The van der Waals surface area contributed by atoms with Crippen LogP contribution in [0, 0.1) is 20.8 Å². The number of carbonyl (C=O) groups excluding carboxylic acids is 2. The number of anilines is 2. The molecule has 0 aliphatic carbocycles. The van der Waals surface area contributed by atoms with E-state index in [2.05, 4.69) is 17.4 Å². The molecule has 1 N–H and O–H groups in total. The first-order chi connectivity index (χ1) is 14.0. The maximum Gasteiger partial charge on any atom is 0.259 e. The highest BCUT2D eigenvalue weighted by molar-refractivity contribution is 6.13. The molecule has 0 saturated heterocycles. The van der Waals surface area contributed by atoms with Crippen LogP contribution in [0.15, 0.2) is 66.7 Å². The number of para-hydroxylation sites is 1. The van der Waals surface area contributed by atoms with Gasteiger partial charge in [0.25, 0.3) is 5.91 Å². The summed E-state index contributed by atoms with van der Waals surface area (Å²) in [4.78, 5) is 28.3. The average Bonchev–Trinajstić information content (AvgIpc) is 3.10. The lowest BCUT2D eigenvalue weighted by molar-refractivity contribution is -0.117. The van der Waals surface area contributed by atoms with Gasteiger partial charge in [0.1, 0.15) is 6.04 Å². The number of amides is 2. The van der Waals surface area contributed by atoms with E-state index in [4.69, 9.17) is 0 Å². The van der Waals surface area contributed by atoms with E-state index in [0.717, 1.165) is 33.6 Å². The minimum absolute atomic E-state index is 0.159. The van der Waals surface area contributed by atoms with Crippen molar-refractivity contribution in [3.05, 3.63) is 94.5 Å². The summed E-state index contributed by atoms with van der Waals surface area (Å²) < 4.78 is 0. The van der Waals surface area contributed by atoms with E-state index in [-0.39, 0.29) is 11.8 Å². The van der Waals surface area contributed by atoms with Gasteiger partial charge in [-0.1, -0.05) is 54.1 Å². The van der Waals surface area contributed by atoms with Gasteiger partial charge in [-0.15, -0.1) is 0 Å². The molecule has 29 heavy (non-hydrogen) atoms.